The Bertz CT molecular complexity index is 822. The first-order valence-electron chi connectivity index (χ1n) is 10.4. The van der Waals surface area contributed by atoms with E-state index < -0.39 is 17.3 Å². The van der Waals surface area contributed by atoms with Gasteiger partial charge in [0, 0.05) is 26.1 Å². The van der Waals surface area contributed by atoms with Gasteiger partial charge in [0.1, 0.15) is 0 Å². The summed E-state index contributed by atoms with van der Waals surface area (Å²) in [6.45, 7) is 4.59. The van der Waals surface area contributed by atoms with E-state index >= 15 is 0 Å². The summed E-state index contributed by atoms with van der Waals surface area (Å²) in [4.78, 5) is 2.36. The van der Waals surface area contributed by atoms with Gasteiger partial charge in [-0.3, -0.25) is 0 Å². The third kappa shape index (κ3) is 4.67. The van der Waals surface area contributed by atoms with Crippen LogP contribution in [0, 0.1) is 11.8 Å². The largest absolute Gasteiger partial charge is 0.416 e. The number of hydrogen-bond acceptors (Lipinski definition) is 2. The van der Waals surface area contributed by atoms with Gasteiger partial charge >= 0.3 is 6.18 Å². The van der Waals surface area contributed by atoms with E-state index in [-0.39, 0.29) is 5.92 Å². The summed E-state index contributed by atoms with van der Waals surface area (Å²) in [5, 5.41) is 11.1. The van der Waals surface area contributed by atoms with Crippen LogP contribution >= 0.6 is 0 Å². The second-order valence-electron chi connectivity index (χ2n) is 9.06. The highest BCUT2D eigenvalue weighted by molar-refractivity contribution is 5.28. The molecule has 1 aliphatic heterocycles. The second kappa shape index (κ2) is 7.77. The van der Waals surface area contributed by atoms with E-state index in [9.17, 15) is 18.3 Å². The fraction of sp³-hybridized carbons (Fsp3) is 0.500. The van der Waals surface area contributed by atoms with Crippen molar-refractivity contribution in [1.29, 1.82) is 0 Å². The van der Waals surface area contributed by atoms with E-state index in [1.165, 1.54) is 17.7 Å². The molecule has 4 rings (SSSR count). The minimum atomic E-state index is -4.30. The average Bonchev–Trinajstić information content (AvgIpc) is 3.15. The molecule has 0 aromatic heterocycles. The molecule has 4 atom stereocenters. The van der Waals surface area contributed by atoms with Crippen molar-refractivity contribution in [2.75, 3.05) is 19.6 Å². The molecule has 1 heterocycles. The normalized spacial score (nSPS) is 28.4. The molecule has 0 bridgehead atoms. The molecule has 2 aromatic rings. The maximum absolute atomic E-state index is 13.0. The van der Waals surface area contributed by atoms with Crippen LogP contribution in [-0.4, -0.2) is 35.2 Å². The van der Waals surface area contributed by atoms with Gasteiger partial charge in [0.2, 0.25) is 0 Å². The molecule has 1 saturated carbocycles. The molecule has 2 nitrogen and oxygen atoms in total. The van der Waals surface area contributed by atoms with Crippen LogP contribution in [0.3, 0.4) is 0 Å². The van der Waals surface area contributed by atoms with Gasteiger partial charge in [-0.25, -0.2) is 0 Å². The zero-order valence-electron chi connectivity index (χ0n) is 16.7. The Labute approximate surface area is 170 Å². The third-order valence-electron chi connectivity index (χ3n) is 6.63. The Kier molecular flexibility index (Phi) is 5.47. The quantitative estimate of drug-likeness (QED) is 0.749. The van der Waals surface area contributed by atoms with Crippen molar-refractivity contribution in [1.82, 2.24) is 4.90 Å². The van der Waals surface area contributed by atoms with Crippen molar-refractivity contribution in [3.63, 3.8) is 0 Å². The number of alkyl halides is 3. The molecule has 0 spiro atoms. The zero-order valence-corrected chi connectivity index (χ0v) is 16.7. The summed E-state index contributed by atoms with van der Waals surface area (Å²) >= 11 is 0. The van der Waals surface area contributed by atoms with Crippen molar-refractivity contribution in [3.8, 4) is 0 Å². The molecular formula is C24H28F3NO. The Morgan fingerprint density at radius 3 is 2.31 bits per heavy atom. The average molecular weight is 403 g/mol. The minimum Gasteiger partial charge on any atom is -0.390 e. The molecule has 2 fully saturated rings. The van der Waals surface area contributed by atoms with E-state index in [0.717, 1.165) is 44.1 Å². The van der Waals surface area contributed by atoms with Gasteiger partial charge in [0.15, 0.2) is 0 Å². The van der Waals surface area contributed by atoms with Crippen molar-refractivity contribution in [3.05, 3.63) is 71.3 Å². The number of aliphatic hydroxyl groups is 1. The Balaban J connectivity index is 1.34. The molecule has 2 aliphatic rings. The molecule has 2 aromatic carbocycles. The standard InChI is InChI=1S/C24H28F3NO/c1-17(19-8-5-9-22(10-19)24(25,26)27)14-28-15-20-12-23(29,13-21(20)16-28)11-18-6-3-2-4-7-18/h2-10,17,20-21,29H,11-16H2,1H3/t17?,20-,21+,23-. The second-order valence-corrected chi connectivity index (χ2v) is 9.06. The van der Waals surface area contributed by atoms with Gasteiger partial charge in [0.25, 0.3) is 0 Å². The van der Waals surface area contributed by atoms with Gasteiger partial charge in [-0.15, -0.1) is 0 Å². The first-order valence-corrected chi connectivity index (χ1v) is 10.4. The molecule has 1 N–H and O–H groups in total. The maximum Gasteiger partial charge on any atom is 0.416 e. The van der Waals surface area contributed by atoms with Crippen molar-refractivity contribution >= 4 is 0 Å². The lowest BCUT2D eigenvalue weighted by atomic mass is 9.91. The summed E-state index contributed by atoms with van der Waals surface area (Å²) in [7, 11) is 0. The molecule has 0 amide bonds. The highest BCUT2D eigenvalue weighted by Gasteiger charge is 2.48. The first-order chi connectivity index (χ1) is 13.7. The van der Waals surface area contributed by atoms with Crippen LogP contribution in [0.15, 0.2) is 54.6 Å². The fourth-order valence-corrected chi connectivity index (χ4v) is 5.34. The molecule has 1 unspecified atom stereocenters. The highest BCUT2D eigenvalue weighted by atomic mass is 19.4. The molecule has 1 aliphatic carbocycles. The predicted octanol–water partition coefficient (Wildman–Crippen LogP) is 5.12. The van der Waals surface area contributed by atoms with Gasteiger partial charge < -0.3 is 10.0 Å². The number of halogens is 3. The predicted molar refractivity (Wildman–Crippen MR) is 108 cm³/mol. The smallest absolute Gasteiger partial charge is 0.390 e. The van der Waals surface area contributed by atoms with Gasteiger partial charge in [-0.2, -0.15) is 13.2 Å². The van der Waals surface area contributed by atoms with Crippen molar-refractivity contribution in [2.45, 2.75) is 43.9 Å². The van der Waals surface area contributed by atoms with E-state index in [1.54, 1.807) is 6.07 Å². The number of nitrogens with zero attached hydrogens (tertiary/aromatic N) is 1. The van der Waals surface area contributed by atoms with Crippen molar-refractivity contribution < 1.29 is 18.3 Å². The summed E-state index contributed by atoms with van der Waals surface area (Å²) < 4.78 is 39.0. The van der Waals surface area contributed by atoms with E-state index in [1.807, 2.05) is 25.1 Å². The van der Waals surface area contributed by atoms with Crippen LogP contribution in [0.2, 0.25) is 0 Å². The van der Waals surface area contributed by atoms with Gasteiger partial charge in [-0.05, 0) is 47.8 Å². The molecule has 0 radical (unpaired) electrons. The maximum atomic E-state index is 13.0. The zero-order chi connectivity index (χ0) is 20.6. The number of hydrogen-bond donors (Lipinski definition) is 1. The van der Waals surface area contributed by atoms with Crippen molar-refractivity contribution in [2.24, 2.45) is 11.8 Å². The van der Waals surface area contributed by atoms with Gasteiger partial charge in [0.05, 0.1) is 11.2 Å². The van der Waals surface area contributed by atoms with Crippen LogP contribution < -0.4 is 0 Å². The van der Waals surface area contributed by atoms with E-state index in [2.05, 4.69) is 17.0 Å². The lowest BCUT2D eigenvalue weighted by Gasteiger charge is -2.27. The number of fused-ring (bicyclic) bond motifs is 1. The summed E-state index contributed by atoms with van der Waals surface area (Å²) in [5.74, 6) is 0.981. The van der Waals surface area contributed by atoms with Crippen LogP contribution in [0.25, 0.3) is 0 Å². The number of benzene rings is 2. The topological polar surface area (TPSA) is 23.5 Å². The Hall–Kier alpha value is -1.85. The summed E-state index contributed by atoms with van der Waals surface area (Å²) in [6.07, 6.45) is -1.99. The SMILES string of the molecule is CC(CN1C[C@@H]2C[C@@](O)(Cc3ccccc3)C[C@@H]2C1)c1cccc(C(F)(F)F)c1. The van der Waals surface area contributed by atoms with E-state index in [0.29, 0.717) is 18.3 Å². The van der Waals surface area contributed by atoms with Crippen LogP contribution in [0.1, 0.15) is 42.4 Å². The van der Waals surface area contributed by atoms with Gasteiger partial charge in [-0.1, -0.05) is 55.5 Å². The molecule has 5 heteroatoms. The summed E-state index contributed by atoms with van der Waals surface area (Å²) in [5.41, 5.74) is 0.698. The molecule has 1 saturated heterocycles. The fourth-order valence-electron chi connectivity index (χ4n) is 5.34. The molecule has 29 heavy (non-hydrogen) atoms. The lowest BCUT2D eigenvalue weighted by Crippen LogP contribution is -2.33. The number of rotatable bonds is 5. The molecular weight excluding hydrogens is 375 g/mol. The van der Waals surface area contributed by atoms with Crippen LogP contribution in [0.4, 0.5) is 13.2 Å². The molecule has 156 valence electrons. The summed E-state index contributed by atoms with van der Waals surface area (Å²) in [6, 6.07) is 15.8. The first kappa shape index (κ1) is 20.4. The third-order valence-corrected chi connectivity index (χ3v) is 6.63. The lowest BCUT2D eigenvalue weighted by molar-refractivity contribution is -0.137. The van der Waals surface area contributed by atoms with Crippen LogP contribution in [0.5, 0.6) is 0 Å². The Morgan fingerprint density at radius 2 is 1.69 bits per heavy atom. The number of likely N-dealkylation sites (tertiary alicyclic amines) is 1. The monoisotopic (exact) mass is 403 g/mol. The highest BCUT2D eigenvalue weighted by Crippen LogP contribution is 2.45. The van der Waals surface area contributed by atoms with Crippen LogP contribution in [-0.2, 0) is 12.6 Å². The van der Waals surface area contributed by atoms with E-state index in [4.69, 9.17) is 0 Å². The minimum absolute atomic E-state index is 0.0410. The Morgan fingerprint density at radius 1 is 1.03 bits per heavy atom.